The maximum Gasteiger partial charge on any atom is 0.274 e. The van der Waals surface area contributed by atoms with Crippen molar-refractivity contribution in [1.29, 1.82) is 0 Å². The third-order valence-corrected chi connectivity index (χ3v) is 4.46. The van der Waals surface area contributed by atoms with Crippen LogP contribution >= 0.6 is 0 Å². The number of ether oxygens (including phenoxy) is 1. The normalized spacial score (nSPS) is 29.8. The summed E-state index contributed by atoms with van der Waals surface area (Å²) >= 11 is 0. The van der Waals surface area contributed by atoms with Gasteiger partial charge in [0, 0.05) is 12.5 Å². The number of nitro groups is 1. The Hall–Kier alpha value is -2.62. The van der Waals surface area contributed by atoms with Gasteiger partial charge in [0.25, 0.3) is 5.69 Å². The number of amides is 1. The van der Waals surface area contributed by atoms with E-state index in [4.69, 9.17) is 9.84 Å². The summed E-state index contributed by atoms with van der Waals surface area (Å²) in [5.74, 6) is -0.613. The Morgan fingerprint density at radius 1 is 1.38 bits per heavy atom. The zero-order chi connectivity index (χ0) is 18.7. The highest BCUT2D eigenvalue weighted by atomic mass is 16.6. The average Bonchev–Trinajstić information content (AvgIpc) is 3.00. The Balaban J connectivity index is 1.69. The van der Waals surface area contributed by atoms with Crippen molar-refractivity contribution in [3.05, 3.63) is 52.1 Å². The first kappa shape index (κ1) is 18.2. The zero-order valence-electron chi connectivity index (χ0n) is 13.8. The van der Waals surface area contributed by atoms with Crippen LogP contribution < -0.4 is 5.32 Å². The Bertz CT molecular complexity index is 763. The molecular weight excluding hydrogens is 342 g/mol. The molecule has 9 heteroatoms. The van der Waals surface area contributed by atoms with E-state index < -0.39 is 29.2 Å². The molecule has 3 rings (SSSR count). The van der Waals surface area contributed by atoms with Crippen LogP contribution in [-0.4, -0.2) is 51.8 Å². The van der Waals surface area contributed by atoms with Crippen LogP contribution in [-0.2, 0) is 16.1 Å². The number of nitro benzene ring substituents is 1. The molecule has 0 aliphatic carbocycles. The number of hydrogen-bond donors (Lipinski definition) is 3. The predicted molar refractivity (Wildman–Crippen MR) is 91.4 cm³/mol. The molecule has 0 bridgehead atoms. The number of amidine groups is 1. The maximum absolute atomic E-state index is 12.3. The zero-order valence-corrected chi connectivity index (χ0v) is 13.8. The van der Waals surface area contributed by atoms with Gasteiger partial charge in [-0.1, -0.05) is 24.3 Å². The molecule has 9 nitrogen and oxygen atoms in total. The summed E-state index contributed by atoms with van der Waals surface area (Å²) < 4.78 is 5.51. The van der Waals surface area contributed by atoms with Gasteiger partial charge >= 0.3 is 0 Å². The highest BCUT2D eigenvalue weighted by Gasteiger charge is 2.40. The van der Waals surface area contributed by atoms with Gasteiger partial charge in [0.15, 0.2) is 0 Å². The van der Waals surface area contributed by atoms with E-state index in [1.54, 1.807) is 30.4 Å². The lowest BCUT2D eigenvalue weighted by atomic mass is 9.95. The van der Waals surface area contributed by atoms with Crippen LogP contribution in [0.3, 0.4) is 0 Å². The fourth-order valence-electron chi connectivity index (χ4n) is 3.07. The van der Waals surface area contributed by atoms with Crippen molar-refractivity contribution in [2.24, 2.45) is 10.9 Å². The van der Waals surface area contributed by atoms with Gasteiger partial charge in [-0.2, -0.15) is 0 Å². The molecule has 2 aliphatic rings. The van der Waals surface area contributed by atoms with Crippen LogP contribution in [0.15, 0.2) is 41.4 Å². The smallest absolute Gasteiger partial charge is 0.274 e. The summed E-state index contributed by atoms with van der Waals surface area (Å²) in [5, 5.41) is 32.6. The molecule has 2 unspecified atom stereocenters. The second-order valence-electron chi connectivity index (χ2n) is 6.16. The molecule has 2 aliphatic heterocycles. The third kappa shape index (κ3) is 3.79. The van der Waals surface area contributed by atoms with Crippen molar-refractivity contribution < 1.29 is 24.7 Å². The number of nitrogens with zero attached hydrogens (tertiary/aromatic N) is 2. The summed E-state index contributed by atoms with van der Waals surface area (Å²) in [6, 6.07) is 6.29. The molecule has 3 N–H and O–H groups in total. The van der Waals surface area contributed by atoms with Crippen LogP contribution in [0.2, 0.25) is 0 Å². The van der Waals surface area contributed by atoms with E-state index in [2.05, 4.69) is 10.3 Å². The van der Waals surface area contributed by atoms with Crippen molar-refractivity contribution in [2.45, 2.75) is 31.3 Å². The van der Waals surface area contributed by atoms with E-state index in [0.717, 1.165) is 0 Å². The average molecular weight is 361 g/mol. The van der Waals surface area contributed by atoms with Crippen LogP contribution in [0, 0.1) is 16.0 Å². The molecule has 0 saturated carbocycles. The summed E-state index contributed by atoms with van der Waals surface area (Å²) in [5.41, 5.74) is 0.423. The standard InChI is InChI=1S/C17H19N3O6/c21-9-15-13(22)7-14(26-15)11-5-6-16(19-17(11)23)18-8-10-3-1-2-4-12(10)20(24)25/h1-6,11,13-15,21-22H,7-9H2,(H,18,19,23)/t11?,13?,14-,15-/m1/s1. The second kappa shape index (κ2) is 7.73. The lowest BCUT2D eigenvalue weighted by molar-refractivity contribution is -0.385. The van der Waals surface area contributed by atoms with E-state index in [0.29, 0.717) is 11.4 Å². The number of benzene rings is 1. The van der Waals surface area contributed by atoms with Crippen molar-refractivity contribution in [2.75, 3.05) is 6.61 Å². The summed E-state index contributed by atoms with van der Waals surface area (Å²) in [6.45, 7) is -0.245. The van der Waals surface area contributed by atoms with Crippen LogP contribution in [0.25, 0.3) is 0 Å². The third-order valence-electron chi connectivity index (χ3n) is 4.46. The quantitative estimate of drug-likeness (QED) is 0.510. The Morgan fingerprint density at radius 2 is 2.15 bits per heavy atom. The molecule has 0 aromatic heterocycles. The van der Waals surface area contributed by atoms with E-state index in [9.17, 15) is 20.0 Å². The molecule has 0 spiro atoms. The van der Waals surface area contributed by atoms with Crippen molar-refractivity contribution in [3.8, 4) is 0 Å². The molecule has 1 saturated heterocycles. The molecule has 138 valence electrons. The van der Waals surface area contributed by atoms with E-state index in [1.165, 1.54) is 6.07 Å². The number of hydrogen-bond acceptors (Lipinski definition) is 7. The predicted octanol–water partition coefficient (Wildman–Crippen LogP) is 0.306. The minimum atomic E-state index is -0.806. The van der Waals surface area contributed by atoms with Crippen molar-refractivity contribution in [1.82, 2.24) is 5.32 Å². The van der Waals surface area contributed by atoms with Gasteiger partial charge in [-0.3, -0.25) is 19.9 Å². The topological polar surface area (TPSA) is 134 Å². The number of nitrogens with one attached hydrogen (secondary N) is 1. The number of rotatable bonds is 5. The Labute approximate surface area is 149 Å². The molecule has 26 heavy (non-hydrogen) atoms. The molecular formula is C17H19N3O6. The largest absolute Gasteiger partial charge is 0.394 e. The minimum Gasteiger partial charge on any atom is -0.394 e. The number of aliphatic hydroxyl groups excluding tert-OH is 2. The van der Waals surface area contributed by atoms with Crippen LogP contribution in [0.5, 0.6) is 0 Å². The molecule has 1 fully saturated rings. The van der Waals surface area contributed by atoms with Crippen molar-refractivity contribution >= 4 is 17.4 Å². The number of para-hydroxylation sites is 1. The van der Waals surface area contributed by atoms with Gasteiger partial charge in [0.1, 0.15) is 11.9 Å². The summed E-state index contributed by atoms with van der Waals surface area (Å²) in [4.78, 5) is 27.1. The molecule has 1 amide bonds. The molecule has 1 aromatic rings. The van der Waals surface area contributed by atoms with Crippen LogP contribution in [0.4, 0.5) is 5.69 Å². The van der Waals surface area contributed by atoms with Crippen LogP contribution in [0.1, 0.15) is 12.0 Å². The molecule has 2 heterocycles. The monoisotopic (exact) mass is 361 g/mol. The molecule has 4 atom stereocenters. The minimum absolute atomic E-state index is 0.0239. The SMILES string of the molecule is O=C1NC(=NCc2ccccc2[N+](=O)[O-])C=CC1[C@H]1CC(O)[C@@H](CO)O1. The lowest BCUT2D eigenvalue weighted by Crippen LogP contribution is -2.42. The van der Waals surface area contributed by atoms with Gasteiger partial charge in [-0.15, -0.1) is 0 Å². The first-order chi connectivity index (χ1) is 12.5. The maximum atomic E-state index is 12.3. The molecule has 0 radical (unpaired) electrons. The summed E-state index contributed by atoms with van der Waals surface area (Å²) in [6.07, 6.45) is 1.50. The lowest BCUT2D eigenvalue weighted by Gasteiger charge is -2.23. The molecule has 1 aromatic carbocycles. The number of aliphatic hydroxyl groups is 2. The Kier molecular flexibility index (Phi) is 5.40. The fraction of sp³-hybridized carbons (Fsp3) is 0.412. The van der Waals surface area contributed by atoms with E-state index in [1.807, 2.05) is 0 Å². The second-order valence-corrected chi connectivity index (χ2v) is 6.16. The number of carbonyl (C=O) groups excluding carboxylic acids is 1. The van der Waals surface area contributed by atoms with Gasteiger partial charge < -0.3 is 20.3 Å². The summed E-state index contributed by atoms with van der Waals surface area (Å²) in [7, 11) is 0. The highest BCUT2D eigenvalue weighted by molar-refractivity contribution is 6.08. The van der Waals surface area contributed by atoms with Gasteiger partial charge in [-0.25, -0.2) is 0 Å². The first-order valence-corrected chi connectivity index (χ1v) is 8.19. The van der Waals surface area contributed by atoms with Gasteiger partial charge in [0.2, 0.25) is 5.91 Å². The first-order valence-electron chi connectivity index (χ1n) is 8.19. The van der Waals surface area contributed by atoms with E-state index >= 15 is 0 Å². The number of aliphatic imine (C=N–C) groups is 1. The van der Waals surface area contributed by atoms with Gasteiger partial charge in [0.05, 0.1) is 41.8 Å². The van der Waals surface area contributed by atoms with E-state index in [-0.39, 0.29) is 31.2 Å². The van der Waals surface area contributed by atoms with Crippen molar-refractivity contribution in [3.63, 3.8) is 0 Å². The fourth-order valence-corrected chi connectivity index (χ4v) is 3.07. The highest BCUT2D eigenvalue weighted by Crippen LogP contribution is 2.28. The number of carbonyl (C=O) groups is 1. The Morgan fingerprint density at radius 3 is 2.81 bits per heavy atom. The van der Waals surface area contributed by atoms with Gasteiger partial charge in [-0.05, 0) is 6.08 Å².